The number of allylic oxidation sites excluding steroid dienone is 1. The van der Waals surface area contributed by atoms with E-state index < -0.39 is 0 Å². The van der Waals surface area contributed by atoms with Crippen LogP contribution < -0.4 is 11.5 Å². The number of nitrogens with two attached hydrogens (primary N) is 2. The predicted octanol–water partition coefficient (Wildman–Crippen LogP) is 2.91. The van der Waals surface area contributed by atoms with Crippen LogP contribution in [0.5, 0.6) is 0 Å². The van der Waals surface area contributed by atoms with Gasteiger partial charge in [0.15, 0.2) is 0 Å². The number of hydrogen-bond donors (Lipinski definition) is 2. The molecule has 0 unspecified atom stereocenters. The fraction of sp³-hybridized carbons (Fsp3) is 0.636. The maximum Gasteiger partial charge on any atom is 0.0238 e. The quantitative estimate of drug-likeness (QED) is 0.492. The number of unbranched alkanes of at least 4 members (excludes halogenated alkanes) is 4. The molecule has 0 aromatic carbocycles. The number of rotatable bonds is 6. The molecule has 0 spiro atoms. The Labute approximate surface area is 82.7 Å². The fourth-order valence-corrected chi connectivity index (χ4v) is 1.02. The molecule has 0 aromatic heterocycles. The van der Waals surface area contributed by atoms with Gasteiger partial charge in [-0.05, 0) is 12.8 Å². The van der Waals surface area contributed by atoms with Gasteiger partial charge in [0, 0.05) is 11.9 Å². The highest BCUT2D eigenvalue weighted by Gasteiger charge is 1.90. The molecule has 0 bridgehead atoms. The van der Waals surface area contributed by atoms with E-state index in [1.165, 1.54) is 38.3 Å². The lowest BCUT2D eigenvalue weighted by Crippen LogP contribution is -2.00. The molecule has 0 heterocycles. The minimum atomic E-state index is 0.821. The van der Waals surface area contributed by atoms with E-state index in [1.807, 2.05) is 0 Å². The first-order valence-electron chi connectivity index (χ1n) is 4.97. The van der Waals surface area contributed by atoms with Crippen LogP contribution in [0, 0.1) is 0 Å². The molecule has 0 aliphatic carbocycles. The maximum absolute atomic E-state index is 5.52. The van der Waals surface area contributed by atoms with Gasteiger partial charge in [-0.25, -0.2) is 0 Å². The summed E-state index contributed by atoms with van der Waals surface area (Å²) in [6.45, 7) is 8.22. The third-order valence-corrected chi connectivity index (χ3v) is 1.78. The van der Waals surface area contributed by atoms with Gasteiger partial charge in [-0.1, -0.05) is 32.6 Å². The standard InChI is InChI=1S/C9H20N2.C2H4/c1-2-3-4-5-6-7-9(11)8-10;1-2/h8H,2-7,10-11H2,1H3;1-2H2/b9-8-;. The van der Waals surface area contributed by atoms with Crippen LogP contribution in [0.2, 0.25) is 0 Å². The van der Waals surface area contributed by atoms with Crippen molar-refractivity contribution in [2.45, 2.75) is 45.4 Å². The van der Waals surface area contributed by atoms with Crippen molar-refractivity contribution in [2.24, 2.45) is 11.5 Å². The summed E-state index contributed by atoms with van der Waals surface area (Å²) in [6.07, 6.45) is 8.88. The van der Waals surface area contributed by atoms with Gasteiger partial charge in [0.1, 0.15) is 0 Å². The summed E-state index contributed by atoms with van der Waals surface area (Å²) in [4.78, 5) is 0. The summed E-state index contributed by atoms with van der Waals surface area (Å²) < 4.78 is 0. The van der Waals surface area contributed by atoms with Gasteiger partial charge >= 0.3 is 0 Å². The Kier molecular flexibility index (Phi) is 15.3. The maximum atomic E-state index is 5.52. The molecule has 0 rings (SSSR count). The SMILES string of the molecule is C=C.CCCCCCC/C(N)=C/N. The topological polar surface area (TPSA) is 52.0 Å². The van der Waals surface area contributed by atoms with Gasteiger partial charge < -0.3 is 11.5 Å². The molecular formula is C11H24N2. The van der Waals surface area contributed by atoms with Crippen LogP contribution in [-0.2, 0) is 0 Å². The molecule has 4 N–H and O–H groups in total. The van der Waals surface area contributed by atoms with E-state index in [9.17, 15) is 0 Å². The first kappa shape index (κ1) is 14.6. The molecule has 0 aliphatic rings. The lowest BCUT2D eigenvalue weighted by molar-refractivity contribution is 0.629. The molecule has 13 heavy (non-hydrogen) atoms. The van der Waals surface area contributed by atoms with E-state index in [0.29, 0.717) is 0 Å². The summed E-state index contributed by atoms with van der Waals surface area (Å²) in [5.41, 5.74) is 11.6. The highest BCUT2D eigenvalue weighted by atomic mass is 14.6. The highest BCUT2D eigenvalue weighted by molar-refractivity contribution is 4.92. The van der Waals surface area contributed by atoms with E-state index >= 15 is 0 Å². The highest BCUT2D eigenvalue weighted by Crippen LogP contribution is 2.06. The second-order valence-electron chi connectivity index (χ2n) is 2.91. The number of hydrogen-bond acceptors (Lipinski definition) is 2. The van der Waals surface area contributed by atoms with Gasteiger partial charge in [-0.15, -0.1) is 13.2 Å². The first-order chi connectivity index (χ1) is 6.31. The molecule has 0 amide bonds. The van der Waals surface area contributed by atoms with Crippen LogP contribution in [0.4, 0.5) is 0 Å². The Hall–Kier alpha value is -0.920. The Balaban J connectivity index is 0. The van der Waals surface area contributed by atoms with Crippen LogP contribution in [0.3, 0.4) is 0 Å². The Bertz CT molecular complexity index is 119. The van der Waals surface area contributed by atoms with Crippen LogP contribution in [0.25, 0.3) is 0 Å². The fourth-order valence-electron chi connectivity index (χ4n) is 1.02. The van der Waals surface area contributed by atoms with Gasteiger partial charge in [0.05, 0.1) is 0 Å². The average molecular weight is 184 g/mol. The van der Waals surface area contributed by atoms with Crippen molar-refractivity contribution < 1.29 is 0 Å². The molecule has 0 aromatic rings. The summed E-state index contributed by atoms with van der Waals surface area (Å²) in [7, 11) is 0. The summed E-state index contributed by atoms with van der Waals surface area (Å²) in [5.74, 6) is 0. The minimum Gasteiger partial charge on any atom is -0.403 e. The van der Waals surface area contributed by atoms with Crippen LogP contribution in [0.15, 0.2) is 25.1 Å². The smallest absolute Gasteiger partial charge is 0.0238 e. The minimum absolute atomic E-state index is 0.821. The van der Waals surface area contributed by atoms with Gasteiger partial charge in [0.2, 0.25) is 0 Å². The lowest BCUT2D eigenvalue weighted by atomic mass is 10.1. The second kappa shape index (κ2) is 13.7. The molecule has 2 heteroatoms. The van der Waals surface area contributed by atoms with Crippen molar-refractivity contribution in [2.75, 3.05) is 0 Å². The van der Waals surface area contributed by atoms with Crippen molar-refractivity contribution in [1.82, 2.24) is 0 Å². The zero-order valence-corrected chi connectivity index (χ0v) is 8.89. The van der Waals surface area contributed by atoms with Crippen molar-refractivity contribution in [3.63, 3.8) is 0 Å². The molecule has 0 aliphatic heterocycles. The Morgan fingerprint density at radius 1 is 1.15 bits per heavy atom. The summed E-state index contributed by atoms with van der Waals surface area (Å²) >= 11 is 0. The summed E-state index contributed by atoms with van der Waals surface area (Å²) in [5, 5.41) is 0. The average Bonchev–Trinajstić information content (AvgIpc) is 2.20. The summed E-state index contributed by atoms with van der Waals surface area (Å²) in [6, 6.07) is 0. The second-order valence-corrected chi connectivity index (χ2v) is 2.91. The Morgan fingerprint density at radius 3 is 2.15 bits per heavy atom. The van der Waals surface area contributed by atoms with Gasteiger partial charge in [0.25, 0.3) is 0 Å². The monoisotopic (exact) mass is 184 g/mol. The zero-order valence-electron chi connectivity index (χ0n) is 8.89. The zero-order chi connectivity index (χ0) is 10.5. The van der Waals surface area contributed by atoms with Crippen LogP contribution in [0.1, 0.15) is 45.4 Å². The third kappa shape index (κ3) is 14.0. The largest absolute Gasteiger partial charge is 0.403 e. The molecule has 78 valence electrons. The molecule has 2 nitrogen and oxygen atoms in total. The van der Waals surface area contributed by atoms with E-state index in [2.05, 4.69) is 20.1 Å². The van der Waals surface area contributed by atoms with Crippen molar-refractivity contribution in [3.8, 4) is 0 Å². The van der Waals surface area contributed by atoms with Crippen LogP contribution in [-0.4, -0.2) is 0 Å². The van der Waals surface area contributed by atoms with Gasteiger partial charge in [-0.3, -0.25) is 0 Å². The van der Waals surface area contributed by atoms with Gasteiger partial charge in [-0.2, -0.15) is 0 Å². The van der Waals surface area contributed by atoms with E-state index in [-0.39, 0.29) is 0 Å². The molecule has 0 saturated carbocycles. The predicted molar refractivity (Wildman–Crippen MR) is 61.1 cm³/mol. The normalized spacial score (nSPS) is 10.4. The molecular weight excluding hydrogens is 160 g/mol. The van der Waals surface area contributed by atoms with E-state index in [4.69, 9.17) is 11.5 Å². The first-order valence-corrected chi connectivity index (χ1v) is 4.97. The van der Waals surface area contributed by atoms with Crippen molar-refractivity contribution >= 4 is 0 Å². The molecule has 0 radical (unpaired) electrons. The van der Waals surface area contributed by atoms with Crippen molar-refractivity contribution in [3.05, 3.63) is 25.1 Å². The third-order valence-electron chi connectivity index (χ3n) is 1.78. The van der Waals surface area contributed by atoms with E-state index in [0.717, 1.165) is 12.1 Å². The lowest BCUT2D eigenvalue weighted by Gasteiger charge is -1.99. The Morgan fingerprint density at radius 2 is 1.69 bits per heavy atom. The van der Waals surface area contributed by atoms with E-state index in [1.54, 1.807) is 0 Å². The van der Waals surface area contributed by atoms with Crippen molar-refractivity contribution in [1.29, 1.82) is 0 Å². The molecule has 0 saturated heterocycles. The van der Waals surface area contributed by atoms with Crippen LogP contribution >= 0.6 is 0 Å². The molecule has 0 fully saturated rings. The molecule has 0 atom stereocenters.